The number of piperidine rings is 1. The van der Waals surface area contributed by atoms with E-state index < -0.39 is 6.10 Å². The molecule has 2 aliphatic rings. The van der Waals surface area contributed by atoms with Gasteiger partial charge in [-0.2, -0.15) is 0 Å². The first-order valence-electron chi connectivity index (χ1n) is 8.55. The van der Waals surface area contributed by atoms with Crippen LogP contribution in [0.15, 0.2) is 24.3 Å². The standard InChI is InChI=1S/C18H25N3O3/c1-12-4-2-3-5-15(12)18(24)20-8-6-13(7-9-20)21-11-14(22)10-16(21)17(19)23/h2-5,13-14,16,22H,6-11H2,1H3,(H2,19,23)/t14-,16+/m1/s1. The number of hydrogen-bond acceptors (Lipinski definition) is 4. The zero-order valence-corrected chi connectivity index (χ0v) is 14.0. The molecule has 2 heterocycles. The van der Waals surface area contributed by atoms with Crippen LogP contribution in [0.2, 0.25) is 0 Å². The number of aliphatic hydroxyl groups excluding tert-OH is 1. The van der Waals surface area contributed by atoms with Gasteiger partial charge >= 0.3 is 0 Å². The molecule has 6 nitrogen and oxygen atoms in total. The van der Waals surface area contributed by atoms with Crippen LogP contribution >= 0.6 is 0 Å². The molecule has 2 fully saturated rings. The van der Waals surface area contributed by atoms with E-state index in [4.69, 9.17) is 5.73 Å². The summed E-state index contributed by atoms with van der Waals surface area (Å²) in [5, 5.41) is 9.85. The Bertz CT molecular complexity index is 626. The zero-order valence-electron chi connectivity index (χ0n) is 14.0. The van der Waals surface area contributed by atoms with Crippen LogP contribution < -0.4 is 5.73 Å². The van der Waals surface area contributed by atoms with Gasteiger partial charge in [0.25, 0.3) is 5.91 Å². The predicted molar refractivity (Wildman–Crippen MR) is 90.4 cm³/mol. The van der Waals surface area contributed by atoms with Gasteiger partial charge in [0.2, 0.25) is 5.91 Å². The molecule has 3 rings (SSSR count). The number of rotatable bonds is 3. The normalized spacial score (nSPS) is 25.8. The van der Waals surface area contributed by atoms with Gasteiger partial charge in [0.1, 0.15) is 0 Å². The lowest BCUT2D eigenvalue weighted by Crippen LogP contribution is -2.51. The van der Waals surface area contributed by atoms with Gasteiger partial charge in [-0.15, -0.1) is 0 Å². The molecule has 1 aromatic carbocycles. The van der Waals surface area contributed by atoms with Crippen LogP contribution in [0, 0.1) is 6.92 Å². The summed E-state index contributed by atoms with van der Waals surface area (Å²) in [6.45, 7) is 3.76. The molecular weight excluding hydrogens is 306 g/mol. The fraction of sp³-hybridized carbons (Fsp3) is 0.556. The Hall–Kier alpha value is -1.92. The molecule has 0 aliphatic carbocycles. The Morgan fingerprint density at radius 1 is 1.21 bits per heavy atom. The van der Waals surface area contributed by atoms with Crippen LogP contribution in [0.4, 0.5) is 0 Å². The third kappa shape index (κ3) is 3.30. The Balaban J connectivity index is 1.63. The molecule has 1 aromatic rings. The van der Waals surface area contributed by atoms with Crippen molar-refractivity contribution in [3.05, 3.63) is 35.4 Å². The highest BCUT2D eigenvalue weighted by Gasteiger charge is 2.40. The van der Waals surface area contributed by atoms with E-state index in [-0.39, 0.29) is 23.9 Å². The number of aryl methyl sites for hydroxylation is 1. The minimum Gasteiger partial charge on any atom is -0.392 e. The monoisotopic (exact) mass is 331 g/mol. The van der Waals surface area contributed by atoms with Crippen molar-refractivity contribution in [2.24, 2.45) is 5.73 Å². The molecule has 2 saturated heterocycles. The zero-order chi connectivity index (χ0) is 17.3. The van der Waals surface area contributed by atoms with Crippen LogP contribution in [0.3, 0.4) is 0 Å². The van der Waals surface area contributed by atoms with E-state index in [1.807, 2.05) is 41.0 Å². The molecule has 0 unspecified atom stereocenters. The van der Waals surface area contributed by atoms with Crippen LogP contribution in [-0.4, -0.2) is 64.5 Å². The average Bonchev–Trinajstić information content (AvgIpc) is 2.97. The Labute approximate surface area is 142 Å². The molecule has 0 aromatic heterocycles. The third-order valence-corrected chi connectivity index (χ3v) is 5.24. The highest BCUT2D eigenvalue weighted by molar-refractivity contribution is 5.95. The molecule has 130 valence electrons. The third-order valence-electron chi connectivity index (χ3n) is 5.24. The molecule has 6 heteroatoms. The van der Waals surface area contributed by atoms with Crippen molar-refractivity contribution in [1.29, 1.82) is 0 Å². The summed E-state index contributed by atoms with van der Waals surface area (Å²) < 4.78 is 0. The molecule has 2 atom stereocenters. The van der Waals surface area contributed by atoms with Crippen molar-refractivity contribution < 1.29 is 14.7 Å². The van der Waals surface area contributed by atoms with Gasteiger partial charge in [0.15, 0.2) is 0 Å². The van der Waals surface area contributed by atoms with Gasteiger partial charge in [-0.25, -0.2) is 0 Å². The quantitative estimate of drug-likeness (QED) is 0.845. The SMILES string of the molecule is Cc1ccccc1C(=O)N1CCC(N2C[C@H](O)C[C@H]2C(N)=O)CC1. The van der Waals surface area contributed by atoms with E-state index in [2.05, 4.69) is 0 Å². The van der Waals surface area contributed by atoms with Gasteiger partial charge in [-0.1, -0.05) is 18.2 Å². The average molecular weight is 331 g/mol. The number of nitrogens with two attached hydrogens (primary N) is 1. The van der Waals surface area contributed by atoms with Gasteiger partial charge < -0.3 is 15.7 Å². The lowest BCUT2D eigenvalue weighted by atomic mass is 10.00. The Morgan fingerprint density at radius 3 is 2.50 bits per heavy atom. The second kappa shape index (κ2) is 6.91. The van der Waals surface area contributed by atoms with E-state index in [9.17, 15) is 14.7 Å². The summed E-state index contributed by atoms with van der Waals surface area (Å²) in [6, 6.07) is 7.44. The summed E-state index contributed by atoms with van der Waals surface area (Å²) in [7, 11) is 0. The van der Waals surface area contributed by atoms with Crippen molar-refractivity contribution in [2.75, 3.05) is 19.6 Å². The van der Waals surface area contributed by atoms with Crippen molar-refractivity contribution in [3.8, 4) is 0 Å². The smallest absolute Gasteiger partial charge is 0.254 e. The lowest BCUT2D eigenvalue weighted by Gasteiger charge is -2.38. The van der Waals surface area contributed by atoms with Crippen LogP contribution in [-0.2, 0) is 4.79 Å². The van der Waals surface area contributed by atoms with Crippen LogP contribution in [0.1, 0.15) is 35.2 Å². The second-order valence-electron chi connectivity index (χ2n) is 6.84. The fourth-order valence-corrected chi connectivity index (χ4v) is 3.91. The first-order valence-corrected chi connectivity index (χ1v) is 8.55. The van der Waals surface area contributed by atoms with Gasteiger partial charge in [-0.05, 0) is 37.8 Å². The summed E-state index contributed by atoms with van der Waals surface area (Å²) in [4.78, 5) is 28.2. The van der Waals surface area contributed by atoms with E-state index in [0.717, 1.165) is 24.0 Å². The van der Waals surface area contributed by atoms with Crippen LogP contribution in [0.5, 0.6) is 0 Å². The molecule has 2 aliphatic heterocycles. The first kappa shape index (κ1) is 16.9. The molecule has 0 bridgehead atoms. The summed E-state index contributed by atoms with van der Waals surface area (Å²) >= 11 is 0. The molecule has 2 amide bonds. The number of primary amides is 1. The Kier molecular flexibility index (Phi) is 4.87. The van der Waals surface area contributed by atoms with Crippen molar-refractivity contribution in [3.63, 3.8) is 0 Å². The molecule has 24 heavy (non-hydrogen) atoms. The largest absolute Gasteiger partial charge is 0.392 e. The maximum atomic E-state index is 12.7. The number of benzene rings is 1. The lowest BCUT2D eigenvalue weighted by molar-refractivity contribution is -0.123. The van der Waals surface area contributed by atoms with Gasteiger partial charge in [0, 0.05) is 31.2 Å². The highest BCUT2D eigenvalue weighted by Crippen LogP contribution is 2.27. The molecule has 0 saturated carbocycles. The highest BCUT2D eigenvalue weighted by atomic mass is 16.3. The summed E-state index contributed by atoms with van der Waals surface area (Å²) in [5.41, 5.74) is 7.21. The summed E-state index contributed by atoms with van der Waals surface area (Å²) in [6.07, 6.45) is 1.52. The van der Waals surface area contributed by atoms with Gasteiger partial charge in [0.05, 0.1) is 12.1 Å². The van der Waals surface area contributed by atoms with Crippen molar-refractivity contribution >= 4 is 11.8 Å². The van der Waals surface area contributed by atoms with E-state index in [0.29, 0.717) is 26.1 Å². The van der Waals surface area contributed by atoms with Crippen LogP contribution in [0.25, 0.3) is 0 Å². The molecular formula is C18H25N3O3. The number of hydrogen-bond donors (Lipinski definition) is 2. The number of carbonyl (C=O) groups excluding carboxylic acids is 2. The predicted octanol–water partition coefficient (Wildman–Crippen LogP) is 0.520. The minimum atomic E-state index is -0.492. The maximum absolute atomic E-state index is 12.7. The van der Waals surface area contributed by atoms with E-state index >= 15 is 0 Å². The van der Waals surface area contributed by atoms with E-state index in [1.165, 1.54) is 0 Å². The fourth-order valence-electron chi connectivity index (χ4n) is 3.91. The first-order chi connectivity index (χ1) is 11.5. The second-order valence-corrected chi connectivity index (χ2v) is 6.84. The molecule has 0 spiro atoms. The van der Waals surface area contributed by atoms with Gasteiger partial charge in [-0.3, -0.25) is 14.5 Å². The maximum Gasteiger partial charge on any atom is 0.254 e. The number of likely N-dealkylation sites (tertiary alicyclic amines) is 2. The van der Waals surface area contributed by atoms with Crippen molar-refractivity contribution in [1.82, 2.24) is 9.80 Å². The van der Waals surface area contributed by atoms with Crippen molar-refractivity contribution in [2.45, 2.75) is 44.4 Å². The Morgan fingerprint density at radius 2 is 1.88 bits per heavy atom. The number of aliphatic hydroxyl groups is 1. The number of β-amino-alcohol motifs (C(OH)–C–C–N with tert-alkyl or cyclic N) is 1. The molecule has 0 radical (unpaired) electrons. The topological polar surface area (TPSA) is 86.9 Å². The molecule has 3 N–H and O–H groups in total. The number of amides is 2. The number of nitrogens with zero attached hydrogens (tertiary/aromatic N) is 2. The summed E-state index contributed by atoms with van der Waals surface area (Å²) in [5.74, 6) is -0.301. The number of carbonyl (C=O) groups is 2. The van der Waals surface area contributed by atoms with E-state index in [1.54, 1.807) is 0 Å². The minimum absolute atomic E-state index is 0.0689.